The van der Waals surface area contributed by atoms with E-state index in [0.717, 1.165) is 0 Å². The fraction of sp³-hybridized carbons (Fsp3) is 0.462. The highest BCUT2D eigenvalue weighted by Crippen LogP contribution is 2.30. The van der Waals surface area contributed by atoms with E-state index in [9.17, 15) is 13.2 Å². The fourth-order valence-corrected chi connectivity index (χ4v) is 3.27. The molecule has 0 saturated carbocycles. The molecule has 1 aliphatic heterocycles. The number of nitrogens with two attached hydrogens (primary N) is 1. The highest BCUT2D eigenvalue weighted by molar-refractivity contribution is 7.90. The van der Waals surface area contributed by atoms with Crippen molar-refractivity contribution in [3.05, 3.63) is 30.3 Å². The van der Waals surface area contributed by atoms with Crippen LogP contribution in [0.15, 0.2) is 35.2 Å². The lowest BCUT2D eigenvalue weighted by atomic mass is 9.80. The van der Waals surface area contributed by atoms with Crippen LogP contribution in [0, 0.1) is 5.41 Å². The zero-order chi connectivity index (χ0) is 14.6. The molecule has 0 unspecified atom stereocenters. The summed E-state index contributed by atoms with van der Waals surface area (Å²) >= 11 is 0. The first-order chi connectivity index (χ1) is 9.50. The van der Waals surface area contributed by atoms with E-state index in [1.807, 2.05) is 0 Å². The lowest BCUT2D eigenvalue weighted by molar-refractivity contribution is -0.133. The van der Waals surface area contributed by atoms with Gasteiger partial charge in [0.15, 0.2) is 0 Å². The van der Waals surface area contributed by atoms with E-state index in [4.69, 9.17) is 10.5 Å². The summed E-state index contributed by atoms with van der Waals surface area (Å²) in [5.74, 6) is -0.549. The van der Waals surface area contributed by atoms with Crippen molar-refractivity contribution in [3.8, 4) is 0 Å². The maximum absolute atomic E-state index is 12.3. The SMILES string of the molecule is NCC1(C(=O)NS(=O)(=O)c2ccccc2)CCOCC1. The number of hydrogen-bond donors (Lipinski definition) is 2. The third kappa shape index (κ3) is 3.00. The Morgan fingerprint density at radius 3 is 2.40 bits per heavy atom. The molecule has 1 aromatic carbocycles. The van der Waals surface area contributed by atoms with Gasteiger partial charge in [-0.3, -0.25) is 4.79 Å². The molecule has 2 rings (SSSR count). The smallest absolute Gasteiger partial charge is 0.264 e. The zero-order valence-corrected chi connectivity index (χ0v) is 11.9. The Labute approximate surface area is 118 Å². The minimum absolute atomic E-state index is 0.0626. The topological polar surface area (TPSA) is 98.5 Å². The van der Waals surface area contributed by atoms with Gasteiger partial charge in [0.2, 0.25) is 5.91 Å². The van der Waals surface area contributed by atoms with Crippen LogP contribution in [0.1, 0.15) is 12.8 Å². The number of carbonyl (C=O) groups excluding carboxylic acids is 1. The van der Waals surface area contributed by atoms with E-state index in [1.165, 1.54) is 12.1 Å². The molecule has 1 amide bonds. The summed E-state index contributed by atoms with van der Waals surface area (Å²) in [5.41, 5.74) is 4.82. The molecule has 110 valence electrons. The summed E-state index contributed by atoms with van der Waals surface area (Å²) in [6.07, 6.45) is 0.860. The highest BCUT2D eigenvalue weighted by Gasteiger charge is 2.40. The van der Waals surface area contributed by atoms with Crippen molar-refractivity contribution in [2.45, 2.75) is 17.7 Å². The molecule has 0 bridgehead atoms. The van der Waals surface area contributed by atoms with Crippen LogP contribution in [0.4, 0.5) is 0 Å². The number of nitrogens with one attached hydrogen (secondary N) is 1. The molecule has 0 radical (unpaired) electrons. The van der Waals surface area contributed by atoms with Crippen molar-refractivity contribution in [3.63, 3.8) is 0 Å². The second-order valence-corrected chi connectivity index (χ2v) is 6.53. The molecule has 1 fully saturated rings. The maximum Gasteiger partial charge on any atom is 0.264 e. The molecule has 7 heteroatoms. The molecule has 0 aliphatic carbocycles. The Morgan fingerprint density at radius 1 is 1.25 bits per heavy atom. The predicted molar refractivity (Wildman–Crippen MR) is 73.3 cm³/mol. The second-order valence-electron chi connectivity index (χ2n) is 4.84. The minimum atomic E-state index is -3.85. The van der Waals surface area contributed by atoms with Gasteiger partial charge in [0.05, 0.1) is 10.3 Å². The number of ether oxygens (including phenoxy) is 1. The number of amides is 1. The molecular weight excluding hydrogens is 280 g/mol. The molecule has 0 atom stereocenters. The summed E-state index contributed by atoms with van der Waals surface area (Å²) in [5, 5.41) is 0. The maximum atomic E-state index is 12.3. The van der Waals surface area contributed by atoms with Gasteiger partial charge in [-0.05, 0) is 25.0 Å². The molecule has 20 heavy (non-hydrogen) atoms. The van der Waals surface area contributed by atoms with Gasteiger partial charge in [-0.1, -0.05) is 18.2 Å². The van der Waals surface area contributed by atoms with Crippen LogP contribution in [-0.4, -0.2) is 34.1 Å². The van der Waals surface area contributed by atoms with E-state index in [-0.39, 0.29) is 11.4 Å². The standard InChI is InChI=1S/C13H18N2O4S/c14-10-13(6-8-19-9-7-13)12(16)15-20(17,18)11-4-2-1-3-5-11/h1-5H,6-10,14H2,(H,15,16). The summed E-state index contributed by atoms with van der Waals surface area (Å²) in [6, 6.07) is 7.79. The first-order valence-corrected chi connectivity index (χ1v) is 7.89. The lowest BCUT2D eigenvalue weighted by Crippen LogP contribution is -2.50. The van der Waals surface area contributed by atoms with Crippen LogP contribution in [0.5, 0.6) is 0 Å². The normalized spacial score (nSPS) is 18.4. The average molecular weight is 298 g/mol. The highest BCUT2D eigenvalue weighted by atomic mass is 32.2. The van der Waals surface area contributed by atoms with Crippen LogP contribution in [0.2, 0.25) is 0 Å². The summed E-state index contributed by atoms with van der Waals surface area (Å²) in [4.78, 5) is 12.4. The Balaban J connectivity index is 2.18. The van der Waals surface area contributed by atoms with Gasteiger partial charge in [0, 0.05) is 19.8 Å². The third-order valence-corrected chi connectivity index (χ3v) is 4.95. The zero-order valence-electron chi connectivity index (χ0n) is 11.0. The van der Waals surface area contributed by atoms with E-state index >= 15 is 0 Å². The largest absolute Gasteiger partial charge is 0.381 e. The molecule has 1 aliphatic rings. The monoisotopic (exact) mass is 298 g/mol. The van der Waals surface area contributed by atoms with Gasteiger partial charge in [-0.2, -0.15) is 0 Å². The molecular formula is C13H18N2O4S. The van der Waals surface area contributed by atoms with Crippen LogP contribution in [-0.2, 0) is 19.6 Å². The Morgan fingerprint density at radius 2 is 1.85 bits per heavy atom. The van der Waals surface area contributed by atoms with Crippen LogP contribution in [0.25, 0.3) is 0 Å². The number of rotatable bonds is 4. The van der Waals surface area contributed by atoms with Crippen LogP contribution < -0.4 is 10.5 Å². The first-order valence-electron chi connectivity index (χ1n) is 6.40. The van der Waals surface area contributed by atoms with Crippen molar-refractivity contribution in [2.24, 2.45) is 11.1 Å². The van der Waals surface area contributed by atoms with Crippen LogP contribution in [0.3, 0.4) is 0 Å². The van der Waals surface area contributed by atoms with Crippen molar-refractivity contribution in [1.82, 2.24) is 4.72 Å². The van der Waals surface area contributed by atoms with Crippen molar-refractivity contribution < 1.29 is 17.9 Å². The predicted octanol–water partition coefficient (Wildman–Crippen LogP) is 0.247. The van der Waals surface area contributed by atoms with Gasteiger partial charge in [-0.25, -0.2) is 13.1 Å². The van der Waals surface area contributed by atoms with E-state index in [0.29, 0.717) is 26.1 Å². The molecule has 6 nitrogen and oxygen atoms in total. The number of hydrogen-bond acceptors (Lipinski definition) is 5. The molecule has 1 aromatic rings. The second kappa shape index (κ2) is 5.90. The fourth-order valence-electron chi connectivity index (χ4n) is 2.17. The Kier molecular flexibility index (Phi) is 4.42. The summed E-state index contributed by atoms with van der Waals surface area (Å²) < 4.78 is 31.6. The first kappa shape index (κ1) is 15.0. The van der Waals surface area contributed by atoms with E-state index < -0.39 is 21.3 Å². The minimum Gasteiger partial charge on any atom is -0.381 e. The Hall–Kier alpha value is -1.44. The van der Waals surface area contributed by atoms with Gasteiger partial charge >= 0.3 is 0 Å². The number of sulfonamides is 1. The van der Waals surface area contributed by atoms with E-state index in [1.54, 1.807) is 18.2 Å². The third-order valence-electron chi connectivity index (χ3n) is 3.60. The van der Waals surface area contributed by atoms with Gasteiger partial charge in [-0.15, -0.1) is 0 Å². The molecule has 1 saturated heterocycles. The number of benzene rings is 1. The van der Waals surface area contributed by atoms with Crippen LogP contribution >= 0.6 is 0 Å². The van der Waals surface area contributed by atoms with E-state index in [2.05, 4.69) is 4.72 Å². The van der Waals surface area contributed by atoms with Crippen molar-refractivity contribution >= 4 is 15.9 Å². The molecule has 3 N–H and O–H groups in total. The summed E-state index contributed by atoms with van der Waals surface area (Å²) in [7, 11) is -3.85. The molecule has 0 aromatic heterocycles. The average Bonchev–Trinajstić information content (AvgIpc) is 2.48. The Bertz CT molecular complexity index is 565. The molecule has 1 heterocycles. The lowest BCUT2D eigenvalue weighted by Gasteiger charge is -2.34. The van der Waals surface area contributed by atoms with Gasteiger partial charge < -0.3 is 10.5 Å². The van der Waals surface area contributed by atoms with Crippen molar-refractivity contribution in [2.75, 3.05) is 19.8 Å². The summed E-state index contributed by atoms with van der Waals surface area (Å²) in [6.45, 7) is 0.929. The quantitative estimate of drug-likeness (QED) is 0.830. The van der Waals surface area contributed by atoms with Gasteiger partial charge in [0.1, 0.15) is 0 Å². The number of carbonyl (C=O) groups is 1. The molecule has 0 spiro atoms. The van der Waals surface area contributed by atoms with Crippen molar-refractivity contribution in [1.29, 1.82) is 0 Å². The van der Waals surface area contributed by atoms with Gasteiger partial charge in [0.25, 0.3) is 10.0 Å².